The van der Waals surface area contributed by atoms with Crippen LogP contribution < -0.4 is 11.0 Å². The van der Waals surface area contributed by atoms with Gasteiger partial charge in [-0.2, -0.15) is 0 Å². The van der Waals surface area contributed by atoms with E-state index in [1.165, 1.54) is 0 Å². The highest BCUT2D eigenvalue weighted by Gasteiger charge is 2.36. The van der Waals surface area contributed by atoms with Crippen molar-refractivity contribution in [3.63, 3.8) is 0 Å². The zero-order valence-corrected chi connectivity index (χ0v) is 22.2. The van der Waals surface area contributed by atoms with E-state index >= 15 is 0 Å². The molecule has 3 aliphatic rings. The van der Waals surface area contributed by atoms with Gasteiger partial charge in [-0.3, -0.25) is 28.9 Å². The van der Waals surface area contributed by atoms with Crippen LogP contribution >= 0.6 is 0 Å². The van der Waals surface area contributed by atoms with Crippen molar-refractivity contribution in [3.8, 4) is 0 Å². The standard InChI is InChI=1S/C27H37N5O5/c1-27(2,3)37-26(36)31-12-10-30(11-13-31)16-17-14-18(15-17)19-6-5-7-20-23(19)29(4)25(35)32(20)21-8-9-22(33)28-24(21)34/h5-7,17-18,21H,8-16H2,1-4H3,(H,28,33,34)/t17-,18-,21?. The van der Waals surface area contributed by atoms with Gasteiger partial charge in [-0.1, -0.05) is 12.1 Å². The number of piperazine rings is 1. The first-order valence-corrected chi connectivity index (χ1v) is 13.3. The second kappa shape index (κ2) is 9.63. The van der Waals surface area contributed by atoms with Gasteiger partial charge in [0.2, 0.25) is 11.8 Å². The number of carbonyl (C=O) groups is 3. The van der Waals surface area contributed by atoms with Crippen LogP contribution in [-0.4, -0.2) is 75.2 Å². The van der Waals surface area contributed by atoms with E-state index < -0.39 is 17.6 Å². The number of aryl methyl sites for hydroxylation is 1. The lowest BCUT2D eigenvalue weighted by Crippen LogP contribution is -2.51. The van der Waals surface area contributed by atoms with Crippen LogP contribution in [0.1, 0.15) is 64.0 Å². The van der Waals surface area contributed by atoms with E-state index in [0.29, 0.717) is 31.3 Å². The molecular weight excluding hydrogens is 474 g/mol. The van der Waals surface area contributed by atoms with Gasteiger partial charge in [0.05, 0.1) is 11.0 Å². The number of amides is 3. The fourth-order valence-corrected chi connectivity index (χ4v) is 5.97. The van der Waals surface area contributed by atoms with Crippen LogP contribution in [-0.2, 0) is 21.4 Å². The topological polar surface area (TPSA) is 106 Å². The number of nitrogens with one attached hydrogen (secondary N) is 1. The van der Waals surface area contributed by atoms with Gasteiger partial charge in [0.1, 0.15) is 11.6 Å². The predicted octanol–water partition coefficient (Wildman–Crippen LogP) is 2.36. The van der Waals surface area contributed by atoms with Crippen molar-refractivity contribution in [3.05, 3.63) is 34.2 Å². The zero-order valence-electron chi connectivity index (χ0n) is 22.2. The molecule has 0 spiro atoms. The lowest BCUT2D eigenvalue weighted by Gasteiger charge is -2.42. The summed E-state index contributed by atoms with van der Waals surface area (Å²) in [6, 6.07) is 5.28. The minimum Gasteiger partial charge on any atom is -0.444 e. The third-order valence-electron chi connectivity index (χ3n) is 7.87. The van der Waals surface area contributed by atoms with Gasteiger partial charge in [0.25, 0.3) is 0 Å². The quantitative estimate of drug-likeness (QED) is 0.632. The number of imide groups is 1. The summed E-state index contributed by atoms with van der Waals surface area (Å²) in [5.41, 5.74) is 2.07. The molecule has 1 aliphatic carbocycles. The molecule has 2 saturated heterocycles. The van der Waals surface area contributed by atoms with E-state index in [4.69, 9.17) is 4.74 Å². The molecule has 1 saturated carbocycles. The van der Waals surface area contributed by atoms with E-state index in [1.807, 2.05) is 32.9 Å². The largest absolute Gasteiger partial charge is 0.444 e. The molecule has 1 aromatic heterocycles. The molecule has 2 aromatic rings. The number of rotatable bonds is 4. The highest BCUT2D eigenvalue weighted by atomic mass is 16.6. The lowest BCUT2D eigenvalue weighted by atomic mass is 9.71. The number of hydrogen-bond acceptors (Lipinski definition) is 6. The maximum atomic E-state index is 13.2. The Morgan fingerprint density at radius 3 is 2.43 bits per heavy atom. The Kier molecular flexibility index (Phi) is 6.64. The molecule has 1 aromatic carbocycles. The van der Waals surface area contributed by atoms with Gasteiger partial charge in [-0.25, -0.2) is 9.59 Å². The van der Waals surface area contributed by atoms with Gasteiger partial charge in [-0.05, 0) is 63.5 Å². The fraction of sp³-hybridized carbons (Fsp3) is 0.630. The van der Waals surface area contributed by atoms with Crippen molar-refractivity contribution in [1.29, 1.82) is 0 Å². The Morgan fingerprint density at radius 2 is 1.78 bits per heavy atom. The highest BCUT2D eigenvalue weighted by Crippen LogP contribution is 2.44. The van der Waals surface area contributed by atoms with Crippen molar-refractivity contribution in [2.45, 2.75) is 64.0 Å². The number of piperidine rings is 1. The number of carbonyl (C=O) groups excluding carboxylic acids is 3. The first-order valence-electron chi connectivity index (χ1n) is 13.3. The van der Waals surface area contributed by atoms with E-state index in [-0.39, 0.29) is 24.1 Å². The molecule has 3 heterocycles. The Hall–Kier alpha value is -3.14. The van der Waals surface area contributed by atoms with Crippen molar-refractivity contribution >= 4 is 28.9 Å². The molecule has 1 unspecified atom stereocenters. The van der Waals surface area contributed by atoms with Crippen molar-refractivity contribution < 1.29 is 19.1 Å². The Morgan fingerprint density at radius 1 is 1.08 bits per heavy atom. The lowest BCUT2D eigenvalue weighted by molar-refractivity contribution is -0.135. The van der Waals surface area contributed by atoms with Crippen LogP contribution in [0, 0.1) is 5.92 Å². The van der Waals surface area contributed by atoms with E-state index in [1.54, 1.807) is 21.1 Å². The number of fused-ring (bicyclic) bond motifs is 1. The molecule has 2 aliphatic heterocycles. The zero-order chi connectivity index (χ0) is 26.5. The maximum Gasteiger partial charge on any atom is 0.410 e. The first-order chi connectivity index (χ1) is 17.5. The van der Waals surface area contributed by atoms with Gasteiger partial charge < -0.3 is 9.64 Å². The number of ether oxygens (including phenoxy) is 1. The van der Waals surface area contributed by atoms with E-state index in [9.17, 15) is 19.2 Å². The molecule has 3 fully saturated rings. The molecule has 1 atom stereocenters. The van der Waals surface area contributed by atoms with Crippen LogP contribution in [0.4, 0.5) is 4.79 Å². The summed E-state index contributed by atoms with van der Waals surface area (Å²) in [5, 5.41) is 2.37. The number of aromatic nitrogens is 2. The summed E-state index contributed by atoms with van der Waals surface area (Å²) >= 11 is 0. The molecular formula is C27H37N5O5. The molecule has 200 valence electrons. The predicted molar refractivity (Wildman–Crippen MR) is 138 cm³/mol. The molecule has 37 heavy (non-hydrogen) atoms. The third-order valence-corrected chi connectivity index (χ3v) is 7.87. The summed E-state index contributed by atoms with van der Waals surface area (Å²) in [6.07, 6.45) is 2.42. The number of nitrogens with zero attached hydrogens (tertiary/aromatic N) is 4. The van der Waals surface area contributed by atoms with Crippen LogP contribution in [0.5, 0.6) is 0 Å². The van der Waals surface area contributed by atoms with E-state index in [2.05, 4.69) is 16.3 Å². The normalized spacial score (nSPS) is 25.2. The SMILES string of the molecule is Cn1c(=O)n(C2CCC(=O)NC2=O)c2cccc([C@H]3C[C@H](CN4CCN(C(=O)OC(C)(C)C)CC4)C3)c21. The number of benzene rings is 1. The van der Waals surface area contributed by atoms with Gasteiger partial charge in [0.15, 0.2) is 0 Å². The van der Waals surface area contributed by atoms with Gasteiger partial charge in [-0.15, -0.1) is 0 Å². The Balaban J connectivity index is 1.22. The monoisotopic (exact) mass is 511 g/mol. The summed E-state index contributed by atoms with van der Waals surface area (Å²) < 4.78 is 8.71. The molecule has 0 bridgehead atoms. The molecule has 10 nitrogen and oxygen atoms in total. The molecule has 5 rings (SSSR count). The number of hydrogen-bond donors (Lipinski definition) is 1. The minimum atomic E-state index is -0.669. The second-order valence-corrected chi connectivity index (χ2v) is 11.7. The second-order valence-electron chi connectivity index (χ2n) is 11.7. The summed E-state index contributed by atoms with van der Waals surface area (Å²) in [4.78, 5) is 53.9. The van der Waals surface area contributed by atoms with Crippen LogP contribution in [0.2, 0.25) is 0 Å². The molecule has 1 N–H and O–H groups in total. The number of imidazole rings is 1. The van der Waals surface area contributed by atoms with E-state index in [0.717, 1.165) is 49.1 Å². The Labute approximate surface area is 216 Å². The van der Waals surface area contributed by atoms with Crippen LogP contribution in [0.3, 0.4) is 0 Å². The highest BCUT2D eigenvalue weighted by molar-refractivity contribution is 6.00. The first kappa shape index (κ1) is 25.5. The van der Waals surface area contributed by atoms with Crippen molar-refractivity contribution in [1.82, 2.24) is 24.3 Å². The molecule has 0 radical (unpaired) electrons. The van der Waals surface area contributed by atoms with Crippen LogP contribution in [0.15, 0.2) is 23.0 Å². The molecule has 3 amide bonds. The maximum absolute atomic E-state index is 13.2. The van der Waals surface area contributed by atoms with Gasteiger partial charge >= 0.3 is 11.8 Å². The third kappa shape index (κ3) is 5.03. The van der Waals surface area contributed by atoms with Crippen molar-refractivity contribution in [2.75, 3.05) is 32.7 Å². The summed E-state index contributed by atoms with van der Waals surface area (Å²) in [5.74, 6) is 0.233. The molecule has 10 heteroatoms. The summed E-state index contributed by atoms with van der Waals surface area (Å²) in [6.45, 7) is 9.72. The van der Waals surface area contributed by atoms with Crippen molar-refractivity contribution in [2.24, 2.45) is 13.0 Å². The Bertz CT molecular complexity index is 1270. The summed E-state index contributed by atoms with van der Waals surface area (Å²) in [7, 11) is 1.76. The van der Waals surface area contributed by atoms with Gasteiger partial charge in [0, 0.05) is 46.2 Å². The average molecular weight is 512 g/mol. The minimum absolute atomic E-state index is 0.226. The average Bonchev–Trinajstić information content (AvgIpc) is 3.06. The smallest absolute Gasteiger partial charge is 0.410 e. The fourth-order valence-electron chi connectivity index (χ4n) is 5.97. The number of para-hydroxylation sites is 1. The van der Waals surface area contributed by atoms with Crippen LogP contribution in [0.25, 0.3) is 11.0 Å².